The van der Waals surface area contributed by atoms with Crippen LogP contribution in [-0.4, -0.2) is 19.5 Å². The molecule has 0 aliphatic carbocycles. The van der Waals surface area contributed by atoms with Gasteiger partial charge in [-0.3, -0.25) is 0 Å². The number of hydrogen-bond donors (Lipinski definition) is 0. The van der Waals surface area contributed by atoms with Crippen molar-refractivity contribution in [2.24, 2.45) is 0 Å². The molecule has 0 N–H and O–H groups in total. The topological polar surface area (TPSA) is 35.5 Å². The number of benzene rings is 1. The molecule has 0 saturated carbocycles. The lowest BCUT2D eigenvalue weighted by Crippen LogP contribution is -2.17. The summed E-state index contributed by atoms with van der Waals surface area (Å²) in [4.78, 5) is 10.6. The van der Waals surface area contributed by atoms with Crippen molar-refractivity contribution in [3.05, 3.63) is 23.3 Å². The summed E-state index contributed by atoms with van der Waals surface area (Å²) in [5, 5.41) is 0. The minimum absolute atomic E-state index is 0.175. The van der Waals surface area contributed by atoms with Gasteiger partial charge in [0.2, 0.25) is 0 Å². The molecule has 2 rings (SSSR count). The van der Waals surface area contributed by atoms with Gasteiger partial charge in [0.15, 0.2) is 11.5 Å². The van der Waals surface area contributed by atoms with Gasteiger partial charge in [-0.05, 0) is 24.5 Å². The molecular formula is C13H16O3. The molecule has 16 heavy (non-hydrogen) atoms. The van der Waals surface area contributed by atoms with E-state index in [0.717, 1.165) is 28.9 Å². The molecule has 1 unspecified atom stereocenters. The Balaban J connectivity index is 2.44. The summed E-state index contributed by atoms with van der Waals surface area (Å²) < 4.78 is 11.2. The third-order valence-corrected chi connectivity index (χ3v) is 2.91. The van der Waals surface area contributed by atoms with Crippen LogP contribution in [0.3, 0.4) is 0 Å². The summed E-state index contributed by atoms with van der Waals surface area (Å²) in [5.41, 5.74) is 2.25. The quantitative estimate of drug-likeness (QED) is 0.734. The molecule has 0 spiro atoms. The van der Waals surface area contributed by atoms with Crippen molar-refractivity contribution in [1.82, 2.24) is 0 Å². The van der Waals surface area contributed by atoms with Gasteiger partial charge in [-0.15, -0.1) is 0 Å². The van der Waals surface area contributed by atoms with Crippen molar-refractivity contribution < 1.29 is 14.3 Å². The minimum atomic E-state index is 0.175. The Labute approximate surface area is 95.4 Å². The van der Waals surface area contributed by atoms with Crippen LogP contribution in [0.25, 0.3) is 0 Å². The number of fused-ring (bicyclic) bond motifs is 1. The van der Waals surface area contributed by atoms with Crippen LogP contribution in [0.1, 0.15) is 30.4 Å². The number of carbonyl (C=O) groups excluding carboxylic acids is 1. The second kappa shape index (κ2) is 4.56. The summed E-state index contributed by atoms with van der Waals surface area (Å²) in [6.07, 6.45) is 1.47. The maximum atomic E-state index is 10.6. The van der Waals surface area contributed by atoms with Crippen molar-refractivity contribution in [2.75, 3.05) is 13.2 Å². The van der Waals surface area contributed by atoms with Crippen LogP contribution in [0.15, 0.2) is 12.1 Å². The van der Waals surface area contributed by atoms with Crippen LogP contribution in [0, 0.1) is 6.92 Å². The van der Waals surface area contributed by atoms with Crippen LogP contribution in [0.2, 0.25) is 0 Å². The van der Waals surface area contributed by atoms with Crippen LogP contribution in [-0.2, 0) is 4.79 Å². The molecule has 86 valence electrons. The molecule has 1 heterocycles. The molecule has 1 aliphatic rings. The Morgan fingerprint density at radius 2 is 2.12 bits per heavy atom. The zero-order valence-corrected chi connectivity index (χ0v) is 9.66. The summed E-state index contributed by atoms with van der Waals surface area (Å²) in [5.74, 6) is 1.79. The molecule has 0 radical (unpaired) electrons. The average molecular weight is 220 g/mol. The first-order valence-electron chi connectivity index (χ1n) is 5.56. The largest absolute Gasteiger partial charge is 0.486 e. The minimum Gasteiger partial charge on any atom is -0.486 e. The van der Waals surface area contributed by atoms with E-state index in [9.17, 15) is 4.79 Å². The first-order valence-corrected chi connectivity index (χ1v) is 5.56. The van der Waals surface area contributed by atoms with Gasteiger partial charge in [0.25, 0.3) is 0 Å². The van der Waals surface area contributed by atoms with E-state index >= 15 is 0 Å². The Bertz CT molecular complexity index is 398. The molecule has 1 aromatic carbocycles. The number of carbonyl (C=O) groups is 1. The van der Waals surface area contributed by atoms with E-state index in [4.69, 9.17) is 9.47 Å². The fourth-order valence-electron chi connectivity index (χ4n) is 2.11. The molecular weight excluding hydrogens is 204 g/mol. The zero-order valence-electron chi connectivity index (χ0n) is 9.66. The normalized spacial score (nSPS) is 15.6. The van der Waals surface area contributed by atoms with Crippen LogP contribution in [0.4, 0.5) is 0 Å². The highest BCUT2D eigenvalue weighted by Gasteiger charge is 2.21. The van der Waals surface area contributed by atoms with E-state index in [-0.39, 0.29) is 5.92 Å². The molecule has 3 heteroatoms. The first-order chi connectivity index (χ1) is 7.74. The molecule has 1 atom stereocenters. The molecule has 0 fully saturated rings. The van der Waals surface area contributed by atoms with Gasteiger partial charge in [-0.25, -0.2) is 0 Å². The second-order valence-electron chi connectivity index (χ2n) is 4.12. The SMILES string of the molecule is Cc1ccc2c(c1C(C)CC=O)OCCO2. The van der Waals surface area contributed by atoms with Gasteiger partial charge < -0.3 is 14.3 Å². The Morgan fingerprint density at radius 3 is 2.88 bits per heavy atom. The third-order valence-electron chi connectivity index (χ3n) is 2.91. The zero-order chi connectivity index (χ0) is 11.5. The molecule has 0 saturated heterocycles. The Morgan fingerprint density at radius 1 is 1.38 bits per heavy atom. The van der Waals surface area contributed by atoms with Gasteiger partial charge in [0.1, 0.15) is 19.5 Å². The smallest absolute Gasteiger partial charge is 0.165 e. The summed E-state index contributed by atoms with van der Waals surface area (Å²) in [7, 11) is 0. The van der Waals surface area contributed by atoms with Gasteiger partial charge in [-0.2, -0.15) is 0 Å². The van der Waals surface area contributed by atoms with Crippen LogP contribution < -0.4 is 9.47 Å². The fraction of sp³-hybridized carbons (Fsp3) is 0.462. The second-order valence-corrected chi connectivity index (χ2v) is 4.12. The highest BCUT2D eigenvalue weighted by molar-refractivity contribution is 5.57. The van der Waals surface area contributed by atoms with Crippen LogP contribution in [0.5, 0.6) is 11.5 Å². The van der Waals surface area contributed by atoms with E-state index in [2.05, 4.69) is 0 Å². The van der Waals surface area contributed by atoms with Crippen molar-refractivity contribution in [3.8, 4) is 11.5 Å². The first kappa shape index (κ1) is 11.0. The predicted octanol–water partition coefficient (Wildman–Crippen LogP) is 2.46. The standard InChI is InChI=1S/C13H16O3/c1-9-3-4-11-13(16-8-7-15-11)12(9)10(2)5-6-14/h3-4,6,10H,5,7-8H2,1-2H3. The fourth-order valence-corrected chi connectivity index (χ4v) is 2.11. The molecule has 0 aromatic heterocycles. The number of aryl methyl sites for hydroxylation is 1. The maximum Gasteiger partial charge on any atom is 0.165 e. The number of rotatable bonds is 3. The van der Waals surface area contributed by atoms with Crippen molar-refractivity contribution >= 4 is 6.29 Å². The van der Waals surface area contributed by atoms with Crippen molar-refractivity contribution in [2.45, 2.75) is 26.2 Å². The van der Waals surface area contributed by atoms with Crippen molar-refractivity contribution in [3.63, 3.8) is 0 Å². The van der Waals surface area contributed by atoms with Gasteiger partial charge in [0, 0.05) is 12.0 Å². The molecule has 1 aromatic rings. The summed E-state index contributed by atoms with van der Waals surface area (Å²) >= 11 is 0. The van der Waals surface area contributed by atoms with Gasteiger partial charge >= 0.3 is 0 Å². The predicted molar refractivity (Wildman–Crippen MR) is 61.3 cm³/mol. The lowest BCUT2D eigenvalue weighted by Gasteiger charge is -2.24. The van der Waals surface area contributed by atoms with E-state index in [1.807, 2.05) is 26.0 Å². The lowest BCUT2D eigenvalue weighted by atomic mass is 9.92. The Hall–Kier alpha value is -1.51. The van der Waals surface area contributed by atoms with E-state index in [1.165, 1.54) is 0 Å². The molecule has 1 aliphatic heterocycles. The highest BCUT2D eigenvalue weighted by atomic mass is 16.6. The third kappa shape index (κ3) is 1.90. The van der Waals surface area contributed by atoms with Crippen LogP contribution >= 0.6 is 0 Å². The van der Waals surface area contributed by atoms with E-state index in [1.54, 1.807) is 0 Å². The molecule has 3 nitrogen and oxygen atoms in total. The van der Waals surface area contributed by atoms with Gasteiger partial charge in [0.05, 0.1) is 0 Å². The van der Waals surface area contributed by atoms with E-state index < -0.39 is 0 Å². The van der Waals surface area contributed by atoms with Gasteiger partial charge in [-0.1, -0.05) is 13.0 Å². The number of aldehydes is 1. The number of ether oxygens (including phenoxy) is 2. The maximum absolute atomic E-state index is 10.6. The number of hydrogen-bond acceptors (Lipinski definition) is 3. The van der Waals surface area contributed by atoms with E-state index in [0.29, 0.717) is 19.6 Å². The average Bonchev–Trinajstić information content (AvgIpc) is 2.29. The monoisotopic (exact) mass is 220 g/mol. The highest BCUT2D eigenvalue weighted by Crippen LogP contribution is 2.40. The Kier molecular flexibility index (Phi) is 3.13. The summed E-state index contributed by atoms with van der Waals surface area (Å²) in [6, 6.07) is 3.95. The van der Waals surface area contributed by atoms with Crippen molar-refractivity contribution in [1.29, 1.82) is 0 Å². The molecule has 0 amide bonds. The summed E-state index contributed by atoms with van der Waals surface area (Å²) in [6.45, 7) is 5.25. The lowest BCUT2D eigenvalue weighted by molar-refractivity contribution is -0.108. The molecule has 0 bridgehead atoms.